The number of sulfonamides is 1. The smallest absolute Gasteiger partial charge is 0.259 e. The molecule has 3 aromatic rings. The van der Waals surface area contributed by atoms with Gasteiger partial charge in [-0.2, -0.15) is 17.9 Å². The van der Waals surface area contributed by atoms with Gasteiger partial charge in [0.1, 0.15) is 0 Å². The third-order valence-electron chi connectivity index (χ3n) is 3.86. The second-order valence-electron chi connectivity index (χ2n) is 5.75. The van der Waals surface area contributed by atoms with Gasteiger partial charge in [0, 0.05) is 6.20 Å². The van der Waals surface area contributed by atoms with Gasteiger partial charge in [-0.1, -0.05) is 42.5 Å². The maximum atomic E-state index is 12.9. The van der Waals surface area contributed by atoms with Gasteiger partial charge in [-0.25, -0.2) is 8.42 Å². The summed E-state index contributed by atoms with van der Waals surface area (Å²) in [5.74, 6) is 0. The standard InChI is InChI=1S/C19H15F3N2O2S/c20-19(21,22)15-9-6-10-16(13-15)27(25,26)24-18(14-7-2-1-3-8-14)17-11-4-5-12-23-17/h1-13,18,24H/t18-/m0/s1. The Bertz CT molecular complexity index is 968. The van der Waals surface area contributed by atoms with E-state index in [2.05, 4.69) is 9.71 Å². The van der Waals surface area contributed by atoms with Gasteiger partial charge in [0.25, 0.3) is 0 Å². The first-order valence-corrected chi connectivity index (χ1v) is 9.41. The largest absolute Gasteiger partial charge is 0.416 e. The van der Waals surface area contributed by atoms with Crippen molar-refractivity contribution in [1.82, 2.24) is 9.71 Å². The zero-order valence-corrected chi connectivity index (χ0v) is 14.7. The quantitative estimate of drug-likeness (QED) is 0.709. The number of aromatic nitrogens is 1. The molecule has 0 aliphatic rings. The molecule has 0 fully saturated rings. The van der Waals surface area contributed by atoms with Gasteiger partial charge in [0.05, 0.1) is 22.2 Å². The number of halogens is 3. The predicted octanol–water partition coefficient (Wildman–Crippen LogP) is 4.17. The molecule has 140 valence electrons. The molecule has 8 heteroatoms. The van der Waals surface area contributed by atoms with Crippen molar-refractivity contribution in [2.45, 2.75) is 17.1 Å². The first kappa shape index (κ1) is 19.1. The van der Waals surface area contributed by atoms with E-state index in [1.54, 1.807) is 48.5 Å². The summed E-state index contributed by atoms with van der Waals surface area (Å²) in [6, 6.07) is 16.5. The van der Waals surface area contributed by atoms with Crippen molar-refractivity contribution >= 4 is 10.0 Å². The number of nitrogens with one attached hydrogen (secondary N) is 1. The molecule has 2 aromatic carbocycles. The topological polar surface area (TPSA) is 59.1 Å². The number of benzene rings is 2. The molecule has 1 atom stereocenters. The van der Waals surface area contributed by atoms with Gasteiger partial charge in [-0.3, -0.25) is 4.98 Å². The summed E-state index contributed by atoms with van der Waals surface area (Å²) in [7, 11) is -4.23. The van der Waals surface area contributed by atoms with Crippen molar-refractivity contribution in [3.63, 3.8) is 0 Å². The summed E-state index contributed by atoms with van der Waals surface area (Å²) >= 11 is 0. The number of hydrogen-bond donors (Lipinski definition) is 1. The summed E-state index contributed by atoms with van der Waals surface area (Å²) in [5.41, 5.74) is 0.0190. The van der Waals surface area contributed by atoms with E-state index in [0.29, 0.717) is 17.3 Å². The molecule has 0 spiro atoms. The van der Waals surface area contributed by atoms with Crippen LogP contribution in [0.1, 0.15) is 22.9 Å². The lowest BCUT2D eigenvalue weighted by atomic mass is 10.0. The molecule has 1 N–H and O–H groups in total. The summed E-state index contributed by atoms with van der Waals surface area (Å²) in [6.07, 6.45) is -3.12. The fraction of sp³-hybridized carbons (Fsp3) is 0.105. The molecule has 0 aliphatic heterocycles. The van der Waals surface area contributed by atoms with Crippen LogP contribution in [-0.4, -0.2) is 13.4 Å². The van der Waals surface area contributed by atoms with Gasteiger partial charge in [-0.15, -0.1) is 0 Å². The van der Waals surface area contributed by atoms with Crippen LogP contribution in [0.4, 0.5) is 13.2 Å². The molecule has 27 heavy (non-hydrogen) atoms. The van der Waals surface area contributed by atoms with Crippen molar-refractivity contribution < 1.29 is 21.6 Å². The Morgan fingerprint density at radius 3 is 2.22 bits per heavy atom. The number of rotatable bonds is 5. The van der Waals surface area contributed by atoms with Crippen molar-refractivity contribution in [1.29, 1.82) is 0 Å². The molecule has 0 aliphatic carbocycles. The van der Waals surface area contributed by atoms with E-state index in [0.717, 1.165) is 18.2 Å². The number of alkyl halides is 3. The minimum Gasteiger partial charge on any atom is -0.259 e. The molecule has 0 radical (unpaired) electrons. The Kier molecular flexibility index (Phi) is 5.29. The zero-order chi connectivity index (χ0) is 19.5. The molecule has 0 unspecified atom stereocenters. The van der Waals surface area contributed by atoms with Gasteiger partial charge in [0.2, 0.25) is 10.0 Å². The Labute approximate surface area is 154 Å². The lowest BCUT2D eigenvalue weighted by Crippen LogP contribution is -2.30. The molecule has 1 aromatic heterocycles. The molecule has 0 saturated carbocycles. The first-order chi connectivity index (χ1) is 12.8. The molecule has 0 saturated heterocycles. The molecule has 0 bridgehead atoms. The monoisotopic (exact) mass is 392 g/mol. The van der Waals surface area contributed by atoms with Gasteiger partial charge >= 0.3 is 6.18 Å². The van der Waals surface area contributed by atoms with E-state index < -0.39 is 32.7 Å². The average molecular weight is 392 g/mol. The van der Waals surface area contributed by atoms with E-state index in [4.69, 9.17) is 0 Å². The zero-order valence-electron chi connectivity index (χ0n) is 13.9. The predicted molar refractivity (Wildman–Crippen MR) is 94.3 cm³/mol. The van der Waals surface area contributed by atoms with Crippen LogP contribution in [-0.2, 0) is 16.2 Å². The van der Waals surface area contributed by atoms with Crippen molar-refractivity contribution in [3.05, 3.63) is 95.8 Å². The number of pyridine rings is 1. The first-order valence-electron chi connectivity index (χ1n) is 7.93. The van der Waals surface area contributed by atoms with Crippen LogP contribution in [0.15, 0.2) is 83.9 Å². The normalized spacial score (nSPS) is 13.3. The van der Waals surface area contributed by atoms with Crippen LogP contribution >= 0.6 is 0 Å². The Morgan fingerprint density at radius 2 is 1.59 bits per heavy atom. The minimum atomic E-state index is -4.63. The second-order valence-corrected chi connectivity index (χ2v) is 7.46. The molecular weight excluding hydrogens is 377 g/mol. The highest BCUT2D eigenvalue weighted by molar-refractivity contribution is 7.89. The Hall–Kier alpha value is -2.71. The number of hydrogen-bond acceptors (Lipinski definition) is 3. The van der Waals surface area contributed by atoms with Crippen LogP contribution in [0.2, 0.25) is 0 Å². The highest BCUT2D eigenvalue weighted by atomic mass is 32.2. The Morgan fingerprint density at radius 1 is 0.889 bits per heavy atom. The SMILES string of the molecule is O=S(=O)(N[C@@H](c1ccccc1)c1ccccn1)c1cccc(C(F)(F)F)c1. The van der Waals surface area contributed by atoms with Crippen LogP contribution < -0.4 is 4.72 Å². The van der Waals surface area contributed by atoms with E-state index in [-0.39, 0.29) is 0 Å². The van der Waals surface area contributed by atoms with Gasteiger partial charge in [0.15, 0.2) is 0 Å². The highest BCUT2D eigenvalue weighted by Gasteiger charge is 2.32. The van der Waals surface area contributed by atoms with Crippen LogP contribution in [0.25, 0.3) is 0 Å². The lowest BCUT2D eigenvalue weighted by molar-refractivity contribution is -0.137. The van der Waals surface area contributed by atoms with Crippen molar-refractivity contribution in [2.75, 3.05) is 0 Å². The molecule has 0 amide bonds. The summed E-state index contributed by atoms with van der Waals surface area (Å²) < 4.78 is 66.8. The molecule has 3 rings (SSSR count). The number of nitrogens with zero attached hydrogens (tertiary/aromatic N) is 1. The summed E-state index contributed by atoms with van der Waals surface area (Å²) in [4.78, 5) is 3.72. The van der Waals surface area contributed by atoms with E-state index in [1.165, 1.54) is 6.20 Å². The second kappa shape index (κ2) is 7.50. The van der Waals surface area contributed by atoms with Crippen LogP contribution in [0, 0.1) is 0 Å². The fourth-order valence-corrected chi connectivity index (χ4v) is 3.80. The van der Waals surface area contributed by atoms with Gasteiger partial charge in [-0.05, 0) is 35.9 Å². The minimum absolute atomic E-state index is 0.430. The van der Waals surface area contributed by atoms with Crippen LogP contribution in [0.3, 0.4) is 0 Å². The lowest BCUT2D eigenvalue weighted by Gasteiger charge is -2.19. The molecular formula is C19H15F3N2O2S. The molecule has 1 heterocycles. The van der Waals surface area contributed by atoms with Gasteiger partial charge < -0.3 is 0 Å². The van der Waals surface area contributed by atoms with E-state index in [9.17, 15) is 21.6 Å². The van der Waals surface area contributed by atoms with Crippen molar-refractivity contribution in [3.8, 4) is 0 Å². The maximum absolute atomic E-state index is 12.9. The fourth-order valence-electron chi connectivity index (χ4n) is 2.55. The molecule has 4 nitrogen and oxygen atoms in total. The van der Waals surface area contributed by atoms with Crippen molar-refractivity contribution in [2.24, 2.45) is 0 Å². The summed E-state index contributed by atoms with van der Waals surface area (Å²) in [5, 5.41) is 0. The van der Waals surface area contributed by atoms with E-state index >= 15 is 0 Å². The highest BCUT2D eigenvalue weighted by Crippen LogP contribution is 2.31. The van der Waals surface area contributed by atoms with Crippen LogP contribution in [0.5, 0.6) is 0 Å². The third kappa shape index (κ3) is 4.53. The maximum Gasteiger partial charge on any atom is 0.416 e. The van der Waals surface area contributed by atoms with E-state index in [1.807, 2.05) is 0 Å². The Balaban J connectivity index is 2.01. The average Bonchev–Trinajstić information content (AvgIpc) is 2.67. The third-order valence-corrected chi connectivity index (χ3v) is 5.28. The summed E-state index contributed by atoms with van der Waals surface area (Å²) in [6.45, 7) is 0.